The number of ether oxygens (including phenoxy) is 3. The average molecular weight is 593 g/mol. The van der Waals surface area contributed by atoms with E-state index in [1.165, 1.54) is 16.9 Å². The second-order valence-electron chi connectivity index (χ2n) is 9.76. The van der Waals surface area contributed by atoms with Crippen LogP contribution in [-0.4, -0.2) is 39.9 Å². The highest BCUT2D eigenvalue weighted by atomic mass is 35.5. The van der Waals surface area contributed by atoms with Gasteiger partial charge in [0.15, 0.2) is 5.76 Å². The third-order valence-electron chi connectivity index (χ3n) is 7.27. The highest BCUT2D eigenvalue weighted by Crippen LogP contribution is 2.43. The first-order chi connectivity index (χ1) is 19.5. The molecule has 0 atom stereocenters. The number of halogens is 1. The van der Waals surface area contributed by atoms with Crippen LogP contribution in [0.5, 0.6) is 11.5 Å². The lowest BCUT2D eigenvalue weighted by molar-refractivity contribution is 0.0629. The molecule has 0 unspecified atom stereocenters. The first-order valence-electron chi connectivity index (χ1n) is 12.9. The summed E-state index contributed by atoms with van der Waals surface area (Å²) >= 11 is 9.57. The molecule has 1 aliphatic heterocycles. The third-order valence-corrected chi connectivity index (χ3v) is 9.43. The molecular formula is C29H25ClN4O4S2. The van der Waals surface area contributed by atoms with Crippen molar-refractivity contribution < 1.29 is 18.6 Å². The van der Waals surface area contributed by atoms with Crippen LogP contribution in [0.1, 0.15) is 34.1 Å². The number of hydrogen-bond donors (Lipinski definition) is 0. The zero-order chi connectivity index (χ0) is 27.3. The normalized spacial score (nSPS) is 15.2. The summed E-state index contributed by atoms with van der Waals surface area (Å²) in [4.78, 5) is 10.5. The SMILES string of the molecule is COc1cc(OCc2csc(C3(c4cccc(Cl)c4)CCOCC3)n2)c2cc(-c3cn4nc(C)sc4n3)oc2c1. The zero-order valence-corrected chi connectivity index (χ0v) is 24.2. The highest BCUT2D eigenvalue weighted by Gasteiger charge is 2.39. The van der Waals surface area contributed by atoms with Crippen LogP contribution >= 0.6 is 34.3 Å². The third kappa shape index (κ3) is 4.54. The van der Waals surface area contributed by atoms with Gasteiger partial charge in [0, 0.05) is 35.7 Å². The number of nitrogens with zero attached hydrogens (tertiary/aromatic N) is 4. The number of aryl methyl sites for hydroxylation is 1. The van der Waals surface area contributed by atoms with Crippen LogP contribution in [0.25, 0.3) is 27.4 Å². The van der Waals surface area contributed by atoms with E-state index in [9.17, 15) is 0 Å². The van der Waals surface area contributed by atoms with E-state index in [1.54, 1.807) is 23.0 Å². The smallest absolute Gasteiger partial charge is 0.212 e. The Hall–Kier alpha value is -3.44. The molecule has 0 spiro atoms. The second-order valence-corrected chi connectivity index (χ2v) is 12.2. The van der Waals surface area contributed by atoms with Gasteiger partial charge in [-0.1, -0.05) is 35.1 Å². The molecule has 0 bridgehead atoms. The quantitative estimate of drug-likeness (QED) is 0.192. The summed E-state index contributed by atoms with van der Waals surface area (Å²) in [5, 5.41) is 10.1. The van der Waals surface area contributed by atoms with Gasteiger partial charge < -0.3 is 18.6 Å². The van der Waals surface area contributed by atoms with Crippen molar-refractivity contribution in [1.82, 2.24) is 19.6 Å². The first-order valence-corrected chi connectivity index (χ1v) is 14.9. The van der Waals surface area contributed by atoms with Crippen molar-refractivity contribution in [3.05, 3.63) is 80.3 Å². The minimum atomic E-state index is -0.222. The van der Waals surface area contributed by atoms with Crippen LogP contribution in [-0.2, 0) is 16.8 Å². The Kier molecular flexibility index (Phi) is 6.50. The fraction of sp³-hybridized carbons (Fsp3) is 0.276. The molecule has 0 saturated carbocycles. The van der Waals surface area contributed by atoms with Gasteiger partial charge in [-0.25, -0.2) is 14.5 Å². The first kappa shape index (κ1) is 25.5. The average Bonchev–Trinajstić information content (AvgIpc) is 3.75. The van der Waals surface area contributed by atoms with Gasteiger partial charge in [-0.2, -0.15) is 5.10 Å². The molecule has 4 aromatic heterocycles. The van der Waals surface area contributed by atoms with Gasteiger partial charge in [0.25, 0.3) is 0 Å². The summed E-state index contributed by atoms with van der Waals surface area (Å²) in [7, 11) is 1.63. The van der Waals surface area contributed by atoms with E-state index in [-0.39, 0.29) is 5.41 Å². The summed E-state index contributed by atoms with van der Waals surface area (Å²) in [6, 6.07) is 13.8. The molecule has 8 nitrogen and oxygen atoms in total. The van der Waals surface area contributed by atoms with Crippen LogP contribution in [0, 0.1) is 6.92 Å². The van der Waals surface area contributed by atoms with Crippen LogP contribution < -0.4 is 9.47 Å². The number of fused-ring (bicyclic) bond motifs is 2. The summed E-state index contributed by atoms with van der Waals surface area (Å²) in [6.07, 6.45) is 3.59. The minimum Gasteiger partial charge on any atom is -0.496 e. The fourth-order valence-electron chi connectivity index (χ4n) is 5.24. The second kappa shape index (κ2) is 10.2. The molecule has 7 rings (SSSR count). The number of furan rings is 1. The number of hydrogen-bond acceptors (Lipinski definition) is 9. The summed E-state index contributed by atoms with van der Waals surface area (Å²) in [5.41, 5.74) is 3.19. The topological polar surface area (TPSA) is 83.9 Å². The van der Waals surface area contributed by atoms with E-state index in [0.29, 0.717) is 48.4 Å². The summed E-state index contributed by atoms with van der Waals surface area (Å²) in [5.74, 6) is 1.94. The predicted molar refractivity (Wildman–Crippen MR) is 156 cm³/mol. The van der Waals surface area contributed by atoms with E-state index < -0.39 is 0 Å². The molecule has 11 heteroatoms. The molecule has 0 radical (unpaired) electrons. The lowest BCUT2D eigenvalue weighted by Gasteiger charge is -2.36. The van der Waals surface area contributed by atoms with Crippen molar-refractivity contribution in [3.8, 4) is 23.0 Å². The van der Waals surface area contributed by atoms with E-state index >= 15 is 0 Å². The Balaban J connectivity index is 1.18. The summed E-state index contributed by atoms with van der Waals surface area (Å²) < 4.78 is 25.5. The largest absolute Gasteiger partial charge is 0.496 e. The lowest BCUT2D eigenvalue weighted by Crippen LogP contribution is -2.35. The Morgan fingerprint density at radius 2 is 2.00 bits per heavy atom. The molecule has 1 aliphatic rings. The van der Waals surface area contributed by atoms with Crippen molar-refractivity contribution in [2.45, 2.75) is 31.8 Å². The van der Waals surface area contributed by atoms with Crippen molar-refractivity contribution in [2.75, 3.05) is 20.3 Å². The Labute approximate surface area is 243 Å². The van der Waals surface area contributed by atoms with Gasteiger partial charge in [0.1, 0.15) is 39.4 Å². The van der Waals surface area contributed by atoms with Crippen molar-refractivity contribution in [1.29, 1.82) is 0 Å². The fourth-order valence-corrected chi connectivity index (χ4v) is 7.24. The number of rotatable bonds is 7. The van der Waals surface area contributed by atoms with Crippen LogP contribution in [0.15, 0.2) is 58.5 Å². The maximum Gasteiger partial charge on any atom is 0.212 e. The van der Waals surface area contributed by atoms with Gasteiger partial charge in [-0.05, 0) is 43.5 Å². The van der Waals surface area contributed by atoms with E-state index in [2.05, 4.69) is 27.6 Å². The Morgan fingerprint density at radius 1 is 1.12 bits per heavy atom. The molecule has 2 aromatic carbocycles. The summed E-state index contributed by atoms with van der Waals surface area (Å²) in [6.45, 7) is 3.65. The number of benzene rings is 2. The van der Waals surface area contributed by atoms with Gasteiger partial charge in [0.05, 0.1) is 29.8 Å². The Bertz CT molecular complexity index is 1800. The Morgan fingerprint density at radius 3 is 2.80 bits per heavy atom. The van der Waals surface area contributed by atoms with Crippen molar-refractivity contribution in [3.63, 3.8) is 0 Å². The molecule has 0 aliphatic carbocycles. The maximum absolute atomic E-state index is 6.38. The molecule has 6 aromatic rings. The number of methoxy groups -OCH3 is 1. The van der Waals surface area contributed by atoms with Crippen molar-refractivity contribution in [2.24, 2.45) is 0 Å². The number of aromatic nitrogens is 4. The molecule has 0 N–H and O–H groups in total. The van der Waals surface area contributed by atoms with Crippen LogP contribution in [0.3, 0.4) is 0 Å². The molecule has 1 saturated heterocycles. The molecule has 40 heavy (non-hydrogen) atoms. The van der Waals surface area contributed by atoms with E-state index in [0.717, 1.165) is 43.9 Å². The van der Waals surface area contributed by atoms with Gasteiger partial charge in [-0.15, -0.1) is 11.3 Å². The highest BCUT2D eigenvalue weighted by molar-refractivity contribution is 7.16. The van der Waals surface area contributed by atoms with Crippen molar-refractivity contribution >= 4 is 50.2 Å². The van der Waals surface area contributed by atoms with Crippen LogP contribution in [0.4, 0.5) is 0 Å². The number of imidazole rings is 1. The van der Waals surface area contributed by atoms with Gasteiger partial charge >= 0.3 is 0 Å². The lowest BCUT2D eigenvalue weighted by atomic mass is 9.74. The monoisotopic (exact) mass is 592 g/mol. The molecule has 5 heterocycles. The number of thiazole rings is 1. The van der Waals surface area contributed by atoms with Crippen LogP contribution in [0.2, 0.25) is 5.02 Å². The molecule has 204 valence electrons. The molecular weight excluding hydrogens is 568 g/mol. The van der Waals surface area contributed by atoms with Gasteiger partial charge in [0.2, 0.25) is 4.96 Å². The standard InChI is InChI=1S/C29H25ClN4O4S2/c1-17-33-34-14-23(32-28(34)40-17)26-13-22-24(11-21(35-2)12-25(22)38-26)37-15-20-16-39-27(31-20)29(6-8-36-9-7-29)18-4-3-5-19(30)10-18/h3-5,10-14,16H,6-9,15H2,1-2H3. The van der Waals surface area contributed by atoms with E-state index in [4.69, 9.17) is 35.2 Å². The molecule has 1 fully saturated rings. The predicted octanol–water partition coefficient (Wildman–Crippen LogP) is 7.31. The molecule has 0 amide bonds. The van der Waals surface area contributed by atoms with E-state index in [1.807, 2.05) is 43.5 Å². The minimum absolute atomic E-state index is 0.222. The maximum atomic E-state index is 6.38. The van der Waals surface area contributed by atoms with Gasteiger partial charge in [-0.3, -0.25) is 0 Å². The zero-order valence-electron chi connectivity index (χ0n) is 21.8.